The third kappa shape index (κ3) is 2.61. The number of hydrogen-bond donors (Lipinski definition) is 0. The average Bonchev–Trinajstić information content (AvgIpc) is 2.34. The van der Waals surface area contributed by atoms with E-state index in [0.29, 0.717) is 21.5 Å². The molecule has 0 saturated heterocycles. The zero-order valence-corrected chi connectivity index (χ0v) is 10.5. The van der Waals surface area contributed by atoms with Gasteiger partial charge in [-0.2, -0.15) is 13.2 Å². The van der Waals surface area contributed by atoms with Gasteiger partial charge in [-0.05, 0) is 23.0 Å². The summed E-state index contributed by atoms with van der Waals surface area (Å²) in [6, 6.07) is 2.85. The fraction of sp³-hybridized carbons (Fsp3) is 0.364. The van der Waals surface area contributed by atoms with Crippen molar-refractivity contribution in [3.63, 3.8) is 0 Å². The molecule has 1 amide bonds. The van der Waals surface area contributed by atoms with Crippen molar-refractivity contribution in [3.05, 3.63) is 33.4 Å². The van der Waals surface area contributed by atoms with Crippen LogP contribution in [0.25, 0.3) is 0 Å². The van der Waals surface area contributed by atoms with Gasteiger partial charge in [-0.1, -0.05) is 6.07 Å². The summed E-state index contributed by atoms with van der Waals surface area (Å²) in [5, 5.41) is 10.8. The lowest BCUT2D eigenvalue weighted by molar-refractivity contribution is -0.383. The van der Waals surface area contributed by atoms with Crippen LogP contribution in [0.1, 0.15) is 11.1 Å². The van der Waals surface area contributed by atoms with Crippen LogP contribution >= 0.6 is 0 Å². The normalized spacial score (nSPS) is 14.8. The summed E-state index contributed by atoms with van der Waals surface area (Å²) in [7, 11) is 1.52. The maximum absolute atomic E-state index is 12.4. The molecule has 0 fully saturated rings. The fourth-order valence-corrected chi connectivity index (χ4v) is 2.27. The number of alkyl halides is 3. The maximum Gasteiger partial charge on any atom is 0.471 e. The summed E-state index contributed by atoms with van der Waals surface area (Å²) in [6.45, 7) is -0.266. The number of nitro benzene ring substituents is 1. The van der Waals surface area contributed by atoms with Gasteiger partial charge in [0.2, 0.25) is 0 Å². The van der Waals surface area contributed by atoms with E-state index in [9.17, 15) is 28.1 Å². The Hall–Kier alpha value is -2.06. The summed E-state index contributed by atoms with van der Waals surface area (Å²) >= 11 is 0. The van der Waals surface area contributed by atoms with Gasteiger partial charge in [0, 0.05) is 19.2 Å². The van der Waals surface area contributed by atoms with E-state index in [4.69, 9.17) is 0 Å². The van der Waals surface area contributed by atoms with Gasteiger partial charge in [0.1, 0.15) is 7.85 Å². The molecule has 0 radical (unpaired) electrons. The largest absolute Gasteiger partial charge is 0.471 e. The minimum atomic E-state index is -4.90. The van der Waals surface area contributed by atoms with Crippen molar-refractivity contribution in [3.8, 4) is 0 Å². The Morgan fingerprint density at radius 2 is 2.00 bits per heavy atom. The molecule has 0 spiro atoms. The summed E-state index contributed by atoms with van der Waals surface area (Å²) in [4.78, 5) is 22.2. The molecule has 0 aromatic heterocycles. The number of carbonyl (C=O) groups excluding carboxylic acids is 1. The number of fused-ring (bicyclic) bond motifs is 1. The topological polar surface area (TPSA) is 63.5 Å². The van der Waals surface area contributed by atoms with Gasteiger partial charge in [-0.25, -0.2) is 0 Å². The molecule has 0 atom stereocenters. The highest BCUT2D eigenvalue weighted by atomic mass is 19.4. The van der Waals surface area contributed by atoms with Crippen LogP contribution in [0.5, 0.6) is 0 Å². The van der Waals surface area contributed by atoms with Crippen molar-refractivity contribution in [2.75, 3.05) is 6.54 Å². The summed E-state index contributed by atoms with van der Waals surface area (Å²) < 4.78 is 37.1. The number of nitro groups is 1. The van der Waals surface area contributed by atoms with Gasteiger partial charge in [-0.3, -0.25) is 14.9 Å². The molecule has 1 aliphatic heterocycles. The van der Waals surface area contributed by atoms with Crippen molar-refractivity contribution in [1.29, 1.82) is 0 Å². The first kappa shape index (κ1) is 14.4. The highest BCUT2D eigenvalue weighted by molar-refractivity contribution is 6.35. The molecule has 0 saturated carbocycles. The molecule has 0 unspecified atom stereocenters. The highest BCUT2D eigenvalue weighted by Crippen LogP contribution is 2.26. The molecular weight excluding hydrogens is 276 g/mol. The quantitative estimate of drug-likeness (QED) is 0.424. The summed E-state index contributed by atoms with van der Waals surface area (Å²) in [6.07, 6.45) is -4.72. The lowest BCUT2D eigenvalue weighted by Gasteiger charge is -2.29. The van der Waals surface area contributed by atoms with Crippen molar-refractivity contribution in [2.45, 2.75) is 19.1 Å². The van der Waals surface area contributed by atoms with Gasteiger partial charge < -0.3 is 4.90 Å². The molecule has 0 N–H and O–H groups in total. The van der Waals surface area contributed by atoms with Crippen molar-refractivity contribution >= 4 is 24.9 Å². The van der Waals surface area contributed by atoms with Gasteiger partial charge in [0.25, 0.3) is 5.69 Å². The van der Waals surface area contributed by atoms with Crippen molar-refractivity contribution < 1.29 is 22.9 Å². The Morgan fingerprint density at radius 3 is 2.55 bits per heavy atom. The Morgan fingerprint density at radius 1 is 1.35 bits per heavy atom. The van der Waals surface area contributed by atoms with Gasteiger partial charge in [-0.15, -0.1) is 0 Å². The Labute approximate surface area is 112 Å². The molecular formula is C11H10BF3N2O3. The van der Waals surface area contributed by atoms with Crippen LogP contribution in [0.4, 0.5) is 18.9 Å². The predicted octanol–water partition coefficient (Wildman–Crippen LogP) is 0.300. The van der Waals surface area contributed by atoms with Crippen LogP contribution in [-0.4, -0.2) is 36.3 Å². The SMILES string of the molecule is Bc1cc2c(cc1[N+](=O)[O-])CCN(C(=O)C(F)(F)F)C2. The van der Waals surface area contributed by atoms with E-state index in [1.54, 1.807) is 0 Å². The summed E-state index contributed by atoms with van der Waals surface area (Å²) in [5.74, 6) is -1.88. The van der Waals surface area contributed by atoms with E-state index in [1.807, 2.05) is 0 Å². The van der Waals surface area contributed by atoms with Crippen LogP contribution in [0.15, 0.2) is 12.1 Å². The van der Waals surface area contributed by atoms with Crippen molar-refractivity contribution in [2.24, 2.45) is 0 Å². The van der Waals surface area contributed by atoms with Gasteiger partial charge in [0.05, 0.1) is 4.92 Å². The van der Waals surface area contributed by atoms with Crippen LogP contribution in [0.2, 0.25) is 0 Å². The number of halogens is 3. The number of carbonyl (C=O) groups is 1. The second-order valence-electron chi connectivity index (χ2n) is 4.64. The number of amides is 1. The third-order valence-corrected chi connectivity index (χ3v) is 3.26. The minimum Gasteiger partial charge on any atom is -0.330 e. The molecule has 0 aliphatic carbocycles. The Kier molecular flexibility index (Phi) is 3.45. The monoisotopic (exact) mass is 286 g/mol. The highest BCUT2D eigenvalue weighted by Gasteiger charge is 2.43. The Balaban J connectivity index is 2.30. The molecule has 1 aromatic rings. The zero-order chi connectivity index (χ0) is 15.1. The van der Waals surface area contributed by atoms with E-state index in [1.165, 1.54) is 20.0 Å². The fourth-order valence-electron chi connectivity index (χ4n) is 2.27. The predicted molar refractivity (Wildman–Crippen MR) is 66.5 cm³/mol. The molecule has 20 heavy (non-hydrogen) atoms. The molecule has 5 nitrogen and oxygen atoms in total. The molecule has 106 valence electrons. The van der Waals surface area contributed by atoms with Gasteiger partial charge >= 0.3 is 12.1 Å². The minimum absolute atomic E-state index is 0.0562. The smallest absolute Gasteiger partial charge is 0.330 e. The first-order valence-electron chi connectivity index (χ1n) is 5.83. The van der Waals surface area contributed by atoms with Crippen LogP contribution < -0.4 is 5.46 Å². The molecule has 9 heteroatoms. The van der Waals surface area contributed by atoms with E-state index >= 15 is 0 Å². The number of benzene rings is 1. The lowest BCUT2D eigenvalue weighted by Crippen LogP contribution is -2.44. The first-order valence-corrected chi connectivity index (χ1v) is 5.83. The third-order valence-electron chi connectivity index (χ3n) is 3.26. The number of nitrogens with zero attached hydrogens (tertiary/aromatic N) is 2. The number of hydrogen-bond acceptors (Lipinski definition) is 3. The molecule has 0 bridgehead atoms. The molecule has 1 heterocycles. The zero-order valence-electron chi connectivity index (χ0n) is 10.5. The number of rotatable bonds is 1. The molecule has 1 aromatic carbocycles. The van der Waals surface area contributed by atoms with E-state index in [0.717, 1.165) is 0 Å². The van der Waals surface area contributed by atoms with E-state index in [2.05, 4.69) is 0 Å². The van der Waals surface area contributed by atoms with Crippen LogP contribution in [0.3, 0.4) is 0 Å². The van der Waals surface area contributed by atoms with Crippen LogP contribution in [0, 0.1) is 10.1 Å². The standard InChI is InChI=1S/C11H10BF3N2O3/c12-8-3-7-5-16(10(18)11(13,14)15)2-1-6(7)4-9(8)17(19)20/h3-4H,1-2,5,12H2. The maximum atomic E-state index is 12.4. The Bertz CT molecular complexity index is 589. The van der Waals surface area contributed by atoms with E-state index in [-0.39, 0.29) is 25.2 Å². The van der Waals surface area contributed by atoms with Crippen molar-refractivity contribution in [1.82, 2.24) is 4.90 Å². The summed E-state index contributed by atoms with van der Waals surface area (Å²) in [5.41, 5.74) is 1.46. The second-order valence-corrected chi connectivity index (χ2v) is 4.64. The van der Waals surface area contributed by atoms with E-state index < -0.39 is 17.0 Å². The second kappa shape index (κ2) is 4.80. The first-order chi connectivity index (χ1) is 9.20. The van der Waals surface area contributed by atoms with Gasteiger partial charge in [0.15, 0.2) is 0 Å². The lowest BCUT2D eigenvalue weighted by atomic mass is 9.87. The molecule has 2 rings (SSSR count). The average molecular weight is 286 g/mol. The van der Waals surface area contributed by atoms with Crippen LogP contribution in [-0.2, 0) is 17.8 Å². The molecule has 1 aliphatic rings.